The molecule has 1 aromatic carbocycles. The number of anilines is 1. The largest absolute Gasteiger partial charge is 0.274 e. The summed E-state index contributed by atoms with van der Waals surface area (Å²) in [6, 6.07) is 5.34. The highest BCUT2D eigenvalue weighted by Crippen LogP contribution is 2.53. The summed E-state index contributed by atoms with van der Waals surface area (Å²) in [6.45, 7) is 4.17. The fourth-order valence-corrected chi connectivity index (χ4v) is 5.57. The number of allylic oxidation sites excluding steroid dienone is 2. The van der Waals surface area contributed by atoms with Crippen molar-refractivity contribution in [1.29, 1.82) is 0 Å². The molecule has 2 aliphatic carbocycles. The Morgan fingerprint density at radius 3 is 2.32 bits per heavy atom. The van der Waals surface area contributed by atoms with E-state index in [1.54, 1.807) is 16.8 Å². The molecule has 144 valence electrons. The Labute approximate surface area is 172 Å². The third-order valence-corrected chi connectivity index (χ3v) is 6.96. The van der Waals surface area contributed by atoms with Crippen molar-refractivity contribution in [3.8, 4) is 0 Å². The zero-order valence-corrected chi connectivity index (χ0v) is 17.0. The molecule has 0 radical (unpaired) electrons. The fraction of sp³-hybridized carbons (Fsp3) is 0.381. The molecule has 0 N–H and O–H groups in total. The van der Waals surface area contributed by atoms with Gasteiger partial charge < -0.3 is 0 Å². The number of benzene rings is 1. The second kappa shape index (κ2) is 6.19. The standard InChI is InChI=1S/C21H19Cl2N3O2/c1-10-19(11(2)25(24-10)9-14-5-6-15(22)8-16(14)23)26-20(27)17-12-3-4-13(7-12)18(17)21(26)28/h3-6,8,12-13,17-18H,7,9H2,1-2H3. The predicted molar refractivity (Wildman–Crippen MR) is 107 cm³/mol. The lowest BCUT2D eigenvalue weighted by Gasteiger charge is -2.18. The summed E-state index contributed by atoms with van der Waals surface area (Å²) in [5, 5.41) is 5.73. The minimum absolute atomic E-state index is 0.0814. The number of hydrogen-bond acceptors (Lipinski definition) is 3. The van der Waals surface area contributed by atoms with E-state index >= 15 is 0 Å². The Morgan fingerprint density at radius 2 is 1.71 bits per heavy atom. The van der Waals surface area contributed by atoms with E-state index in [9.17, 15) is 9.59 Å². The van der Waals surface area contributed by atoms with Gasteiger partial charge in [0.2, 0.25) is 11.8 Å². The van der Waals surface area contributed by atoms with E-state index in [2.05, 4.69) is 17.3 Å². The zero-order chi connectivity index (χ0) is 19.7. The van der Waals surface area contributed by atoms with Gasteiger partial charge in [-0.1, -0.05) is 41.4 Å². The van der Waals surface area contributed by atoms with Crippen molar-refractivity contribution in [2.45, 2.75) is 26.8 Å². The molecule has 1 saturated carbocycles. The molecule has 7 heteroatoms. The average molecular weight is 416 g/mol. The van der Waals surface area contributed by atoms with Crippen molar-refractivity contribution < 1.29 is 9.59 Å². The summed E-state index contributed by atoms with van der Waals surface area (Å²) < 4.78 is 1.79. The Morgan fingerprint density at radius 1 is 1.07 bits per heavy atom. The molecule has 5 nitrogen and oxygen atoms in total. The van der Waals surface area contributed by atoms with E-state index in [1.165, 1.54) is 4.90 Å². The van der Waals surface area contributed by atoms with Gasteiger partial charge in [-0.25, -0.2) is 4.90 Å². The third kappa shape index (κ3) is 2.42. The molecular weight excluding hydrogens is 397 g/mol. The molecule has 2 bridgehead atoms. The van der Waals surface area contributed by atoms with Crippen LogP contribution in [0.25, 0.3) is 0 Å². The van der Waals surface area contributed by atoms with Crippen LogP contribution in [-0.4, -0.2) is 21.6 Å². The van der Waals surface area contributed by atoms with Crippen molar-refractivity contribution in [2.75, 3.05) is 4.90 Å². The first-order valence-corrected chi connectivity index (χ1v) is 10.2. The maximum atomic E-state index is 13.1. The minimum Gasteiger partial charge on any atom is -0.274 e. The molecule has 4 unspecified atom stereocenters. The van der Waals surface area contributed by atoms with Crippen LogP contribution in [0, 0.1) is 37.5 Å². The highest BCUT2D eigenvalue weighted by Gasteiger charge is 2.60. The normalized spacial score (nSPS) is 27.9. The Bertz CT molecular complexity index is 1030. The molecular formula is C21H19Cl2N3O2. The van der Waals surface area contributed by atoms with Gasteiger partial charge >= 0.3 is 0 Å². The number of rotatable bonds is 3. The van der Waals surface area contributed by atoms with Crippen LogP contribution in [0.2, 0.25) is 10.0 Å². The maximum absolute atomic E-state index is 13.1. The van der Waals surface area contributed by atoms with Crippen LogP contribution in [0.1, 0.15) is 23.4 Å². The van der Waals surface area contributed by atoms with Gasteiger partial charge in [-0.2, -0.15) is 5.10 Å². The third-order valence-electron chi connectivity index (χ3n) is 6.37. The zero-order valence-electron chi connectivity index (χ0n) is 15.5. The maximum Gasteiger partial charge on any atom is 0.238 e. The SMILES string of the molecule is Cc1nn(Cc2ccc(Cl)cc2Cl)c(C)c1N1C(=O)C2C3C=CC(C3)C2C1=O. The molecule has 1 aliphatic heterocycles. The number of imide groups is 1. The summed E-state index contributed by atoms with van der Waals surface area (Å²) in [7, 11) is 0. The first-order chi connectivity index (χ1) is 13.4. The molecule has 2 amide bonds. The van der Waals surface area contributed by atoms with Crippen LogP contribution < -0.4 is 4.90 Å². The van der Waals surface area contributed by atoms with Crippen LogP contribution in [-0.2, 0) is 16.1 Å². The van der Waals surface area contributed by atoms with Crippen LogP contribution in [0.5, 0.6) is 0 Å². The molecule has 1 aromatic heterocycles. The van der Waals surface area contributed by atoms with E-state index in [1.807, 2.05) is 19.9 Å². The second-order valence-electron chi connectivity index (χ2n) is 7.92. The van der Waals surface area contributed by atoms with Crippen molar-refractivity contribution in [3.05, 3.63) is 57.3 Å². The van der Waals surface area contributed by atoms with Gasteiger partial charge in [-0.15, -0.1) is 0 Å². The topological polar surface area (TPSA) is 55.2 Å². The predicted octanol–water partition coefficient (Wildman–Crippen LogP) is 4.17. The lowest BCUT2D eigenvalue weighted by atomic mass is 9.85. The Kier molecular flexibility index (Phi) is 3.97. The number of nitrogens with zero attached hydrogens (tertiary/aromatic N) is 3. The monoisotopic (exact) mass is 415 g/mol. The molecule has 1 saturated heterocycles. The van der Waals surface area contributed by atoms with Crippen LogP contribution >= 0.6 is 23.2 Å². The summed E-state index contributed by atoms with van der Waals surface area (Å²) in [5.74, 6) is -0.199. The number of aromatic nitrogens is 2. The highest BCUT2D eigenvalue weighted by molar-refractivity contribution is 6.35. The smallest absolute Gasteiger partial charge is 0.238 e. The van der Waals surface area contributed by atoms with E-state index in [0.717, 1.165) is 17.7 Å². The lowest BCUT2D eigenvalue weighted by Crippen LogP contribution is -2.33. The molecule has 4 atom stereocenters. The molecule has 3 aliphatic rings. The lowest BCUT2D eigenvalue weighted by molar-refractivity contribution is -0.123. The van der Waals surface area contributed by atoms with Gasteiger partial charge in [0.05, 0.1) is 35.5 Å². The van der Waals surface area contributed by atoms with Crippen molar-refractivity contribution >= 4 is 40.7 Å². The molecule has 2 heterocycles. The van der Waals surface area contributed by atoms with Gasteiger partial charge in [-0.3, -0.25) is 14.3 Å². The summed E-state index contributed by atoms with van der Waals surface area (Å²) in [6.07, 6.45) is 5.13. The number of carbonyl (C=O) groups excluding carboxylic acids is 2. The number of amides is 2. The van der Waals surface area contributed by atoms with Crippen molar-refractivity contribution in [1.82, 2.24) is 9.78 Å². The Balaban J connectivity index is 1.50. The molecule has 2 fully saturated rings. The van der Waals surface area contributed by atoms with Gasteiger partial charge in [0.1, 0.15) is 0 Å². The number of halogens is 2. The van der Waals surface area contributed by atoms with E-state index in [4.69, 9.17) is 23.2 Å². The number of carbonyl (C=O) groups is 2. The second-order valence-corrected chi connectivity index (χ2v) is 8.77. The van der Waals surface area contributed by atoms with Crippen LogP contribution in [0.15, 0.2) is 30.4 Å². The number of hydrogen-bond donors (Lipinski definition) is 0. The summed E-state index contributed by atoms with van der Waals surface area (Å²) in [5.41, 5.74) is 2.95. The van der Waals surface area contributed by atoms with Gasteiger partial charge in [0, 0.05) is 10.0 Å². The van der Waals surface area contributed by atoms with E-state index < -0.39 is 0 Å². The van der Waals surface area contributed by atoms with Gasteiger partial charge in [0.15, 0.2) is 0 Å². The number of fused-ring (bicyclic) bond motifs is 5. The van der Waals surface area contributed by atoms with Crippen molar-refractivity contribution in [2.24, 2.45) is 23.7 Å². The molecule has 0 spiro atoms. The van der Waals surface area contributed by atoms with Gasteiger partial charge in [0.25, 0.3) is 0 Å². The van der Waals surface area contributed by atoms with Gasteiger partial charge in [-0.05, 0) is 49.8 Å². The molecule has 5 rings (SSSR count). The quantitative estimate of drug-likeness (QED) is 0.558. The van der Waals surface area contributed by atoms with Crippen LogP contribution in [0.3, 0.4) is 0 Å². The average Bonchev–Trinajstić information content (AvgIpc) is 3.37. The summed E-state index contributed by atoms with van der Waals surface area (Å²) in [4.78, 5) is 27.7. The minimum atomic E-state index is -0.213. The number of aryl methyl sites for hydroxylation is 1. The Hall–Kier alpha value is -2.11. The molecule has 28 heavy (non-hydrogen) atoms. The van der Waals surface area contributed by atoms with Crippen LogP contribution in [0.4, 0.5) is 5.69 Å². The summed E-state index contributed by atoms with van der Waals surface area (Å²) >= 11 is 12.3. The first-order valence-electron chi connectivity index (χ1n) is 9.41. The highest BCUT2D eigenvalue weighted by atomic mass is 35.5. The fourth-order valence-electron chi connectivity index (χ4n) is 5.10. The first kappa shape index (κ1) is 18.0. The van der Waals surface area contributed by atoms with E-state index in [-0.39, 0.29) is 35.5 Å². The van der Waals surface area contributed by atoms with E-state index in [0.29, 0.717) is 28.0 Å². The molecule has 2 aromatic rings. The van der Waals surface area contributed by atoms with Crippen molar-refractivity contribution in [3.63, 3.8) is 0 Å².